The van der Waals surface area contributed by atoms with Crippen molar-refractivity contribution in [3.05, 3.63) is 102 Å². The van der Waals surface area contributed by atoms with Gasteiger partial charge in [0.2, 0.25) is 0 Å². The lowest BCUT2D eigenvalue weighted by atomic mass is 10.0. The lowest BCUT2D eigenvalue weighted by molar-refractivity contribution is 0.102. The molecule has 0 aliphatic heterocycles. The van der Waals surface area contributed by atoms with Crippen LogP contribution < -0.4 is 10.0 Å². The van der Waals surface area contributed by atoms with Crippen LogP contribution in [0, 0.1) is 6.92 Å². The largest absolute Gasteiger partial charge is 0.322 e. The van der Waals surface area contributed by atoms with Crippen molar-refractivity contribution in [1.82, 2.24) is 0 Å². The molecule has 0 atom stereocenters. The van der Waals surface area contributed by atoms with E-state index in [4.69, 9.17) is 0 Å². The van der Waals surface area contributed by atoms with Crippen LogP contribution in [0.4, 0.5) is 11.4 Å². The fourth-order valence-corrected chi connectivity index (χ4v) is 4.38. The van der Waals surface area contributed by atoms with E-state index < -0.39 is 10.0 Å². The number of nitrogens with one attached hydrogen (secondary N) is 2. The van der Waals surface area contributed by atoms with Gasteiger partial charge in [0.1, 0.15) is 0 Å². The molecule has 4 rings (SSSR count). The molecule has 0 saturated heterocycles. The second-order valence-corrected chi connectivity index (χ2v) is 8.61. The Morgan fingerprint density at radius 2 is 1.50 bits per heavy atom. The summed E-state index contributed by atoms with van der Waals surface area (Å²) in [6.07, 6.45) is 0. The summed E-state index contributed by atoms with van der Waals surface area (Å²) in [5, 5.41) is 4.70. The topological polar surface area (TPSA) is 75.3 Å². The van der Waals surface area contributed by atoms with E-state index in [1.165, 1.54) is 12.1 Å². The van der Waals surface area contributed by atoms with Crippen molar-refractivity contribution >= 4 is 38.1 Å². The summed E-state index contributed by atoms with van der Waals surface area (Å²) in [6, 6.07) is 26.5. The number of rotatable bonds is 5. The van der Waals surface area contributed by atoms with Crippen LogP contribution in [0.5, 0.6) is 0 Å². The molecule has 0 fully saturated rings. The summed E-state index contributed by atoms with van der Waals surface area (Å²) in [5.41, 5.74) is 2.22. The van der Waals surface area contributed by atoms with Gasteiger partial charge in [0, 0.05) is 11.3 Å². The normalized spacial score (nSPS) is 11.2. The number of amides is 1. The van der Waals surface area contributed by atoms with Crippen molar-refractivity contribution in [3.63, 3.8) is 0 Å². The van der Waals surface area contributed by atoms with E-state index in [2.05, 4.69) is 10.0 Å². The summed E-state index contributed by atoms with van der Waals surface area (Å²) >= 11 is 0. The first kappa shape index (κ1) is 19.7. The third-order valence-corrected chi connectivity index (χ3v) is 6.21. The highest BCUT2D eigenvalue weighted by Gasteiger charge is 2.16. The molecule has 1 amide bonds. The maximum absolute atomic E-state index is 12.9. The number of fused-ring (bicyclic) bond motifs is 1. The Bertz CT molecular complexity index is 1330. The SMILES string of the molecule is Cc1ccc(NC(=O)c2cccc3ccccc23)cc1NS(=O)(=O)c1ccccc1. The van der Waals surface area contributed by atoms with Gasteiger partial charge in [-0.3, -0.25) is 9.52 Å². The van der Waals surface area contributed by atoms with Crippen molar-refractivity contribution < 1.29 is 13.2 Å². The zero-order chi connectivity index (χ0) is 21.1. The number of carbonyl (C=O) groups is 1. The number of hydrogen-bond acceptors (Lipinski definition) is 3. The van der Waals surface area contributed by atoms with Gasteiger partial charge in [-0.05, 0) is 53.6 Å². The Morgan fingerprint density at radius 3 is 2.30 bits per heavy atom. The monoisotopic (exact) mass is 416 g/mol. The fraction of sp³-hybridized carbons (Fsp3) is 0.0417. The minimum Gasteiger partial charge on any atom is -0.322 e. The van der Waals surface area contributed by atoms with E-state index in [1.807, 2.05) is 36.4 Å². The highest BCUT2D eigenvalue weighted by molar-refractivity contribution is 7.92. The van der Waals surface area contributed by atoms with Crippen molar-refractivity contribution in [2.75, 3.05) is 10.0 Å². The molecule has 0 aromatic heterocycles. The smallest absolute Gasteiger partial charge is 0.261 e. The molecule has 0 bridgehead atoms. The first-order valence-corrected chi connectivity index (χ1v) is 10.9. The highest BCUT2D eigenvalue weighted by Crippen LogP contribution is 2.25. The molecule has 5 nitrogen and oxygen atoms in total. The fourth-order valence-electron chi connectivity index (χ4n) is 3.23. The van der Waals surface area contributed by atoms with Gasteiger partial charge in [0.25, 0.3) is 15.9 Å². The molecule has 6 heteroatoms. The minimum atomic E-state index is -3.72. The van der Waals surface area contributed by atoms with Crippen molar-refractivity contribution in [3.8, 4) is 0 Å². The Labute approximate surface area is 175 Å². The first-order valence-electron chi connectivity index (χ1n) is 9.42. The molecule has 0 radical (unpaired) electrons. The summed E-state index contributed by atoms with van der Waals surface area (Å²) in [7, 11) is -3.72. The zero-order valence-corrected chi connectivity index (χ0v) is 17.1. The molecular weight excluding hydrogens is 396 g/mol. The van der Waals surface area contributed by atoms with E-state index in [0.717, 1.165) is 16.3 Å². The quantitative estimate of drug-likeness (QED) is 0.469. The minimum absolute atomic E-state index is 0.176. The molecule has 4 aromatic carbocycles. The first-order chi connectivity index (χ1) is 14.4. The second kappa shape index (κ2) is 8.00. The summed E-state index contributed by atoms with van der Waals surface area (Å²) in [4.78, 5) is 13.1. The lowest BCUT2D eigenvalue weighted by Crippen LogP contribution is -2.15. The van der Waals surface area contributed by atoms with Crippen molar-refractivity contribution in [2.45, 2.75) is 11.8 Å². The number of carbonyl (C=O) groups excluding carboxylic acids is 1. The molecule has 2 N–H and O–H groups in total. The highest BCUT2D eigenvalue weighted by atomic mass is 32.2. The van der Waals surface area contributed by atoms with E-state index >= 15 is 0 Å². The van der Waals surface area contributed by atoms with E-state index in [-0.39, 0.29) is 10.8 Å². The van der Waals surface area contributed by atoms with E-state index in [0.29, 0.717) is 16.9 Å². The third-order valence-electron chi connectivity index (χ3n) is 4.83. The summed E-state index contributed by atoms with van der Waals surface area (Å²) in [6.45, 7) is 1.80. The van der Waals surface area contributed by atoms with E-state index in [1.54, 1.807) is 49.4 Å². The molecule has 4 aromatic rings. The standard InChI is InChI=1S/C24H20N2O3S/c1-17-14-15-19(16-23(17)26-30(28,29)20-10-3-2-4-11-20)25-24(27)22-13-7-9-18-8-5-6-12-21(18)22/h2-16,26H,1H3,(H,25,27). The lowest BCUT2D eigenvalue weighted by Gasteiger charge is -2.13. The molecule has 30 heavy (non-hydrogen) atoms. The van der Waals surface area contributed by atoms with Gasteiger partial charge in [-0.2, -0.15) is 0 Å². The van der Waals surface area contributed by atoms with Crippen LogP contribution in [-0.4, -0.2) is 14.3 Å². The van der Waals surface area contributed by atoms with Crippen molar-refractivity contribution in [1.29, 1.82) is 0 Å². The number of anilines is 2. The maximum Gasteiger partial charge on any atom is 0.261 e. The average molecular weight is 417 g/mol. The molecule has 0 aliphatic rings. The molecule has 0 heterocycles. The van der Waals surface area contributed by atoms with Crippen LogP contribution in [0.2, 0.25) is 0 Å². The maximum atomic E-state index is 12.9. The molecule has 0 unspecified atom stereocenters. The van der Waals surface area contributed by atoms with Crippen LogP contribution in [0.15, 0.2) is 95.9 Å². The Morgan fingerprint density at radius 1 is 0.800 bits per heavy atom. The van der Waals surface area contributed by atoms with Gasteiger partial charge in [-0.1, -0.05) is 60.7 Å². The number of aryl methyl sites for hydroxylation is 1. The molecular formula is C24H20N2O3S. The zero-order valence-electron chi connectivity index (χ0n) is 16.3. The van der Waals surface area contributed by atoms with Crippen LogP contribution in [0.1, 0.15) is 15.9 Å². The Balaban J connectivity index is 1.61. The van der Waals surface area contributed by atoms with Crippen molar-refractivity contribution in [2.24, 2.45) is 0 Å². The third kappa shape index (κ3) is 4.04. The Kier molecular flexibility index (Phi) is 5.25. The van der Waals surface area contributed by atoms with Crippen LogP contribution in [0.3, 0.4) is 0 Å². The summed E-state index contributed by atoms with van der Waals surface area (Å²) < 4.78 is 27.9. The number of sulfonamides is 1. The molecule has 0 aliphatic carbocycles. The molecule has 0 spiro atoms. The van der Waals surface area contributed by atoms with Crippen LogP contribution in [0.25, 0.3) is 10.8 Å². The van der Waals surface area contributed by atoms with Crippen LogP contribution >= 0.6 is 0 Å². The molecule has 150 valence electrons. The van der Waals surface area contributed by atoms with Gasteiger partial charge in [0.05, 0.1) is 10.6 Å². The second-order valence-electron chi connectivity index (χ2n) is 6.93. The van der Waals surface area contributed by atoms with Gasteiger partial charge < -0.3 is 5.32 Å². The predicted molar refractivity (Wildman–Crippen MR) is 120 cm³/mol. The van der Waals surface area contributed by atoms with Gasteiger partial charge >= 0.3 is 0 Å². The summed E-state index contributed by atoms with van der Waals surface area (Å²) in [5.74, 6) is -0.257. The number of benzene rings is 4. The Hall–Kier alpha value is -3.64. The van der Waals surface area contributed by atoms with Gasteiger partial charge in [-0.25, -0.2) is 8.42 Å². The van der Waals surface area contributed by atoms with E-state index in [9.17, 15) is 13.2 Å². The van der Waals surface area contributed by atoms with Gasteiger partial charge in [0.15, 0.2) is 0 Å². The number of hydrogen-bond donors (Lipinski definition) is 2. The van der Waals surface area contributed by atoms with Gasteiger partial charge in [-0.15, -0.1) is 0 Å². The predicted octanol–water partition coefficient (Wildman–Crippen LogP) is 5.20. The van der Waals surface area contributed by atoms with Crippen LogP contribution in [-0.2, 0) is 10.0 Å². The average Bonchev–Trinajstić information content (AvgIpc) is 2.76. The molecule has 0 saturated carbocycles.